The summed E-state index contributed by atoms with van der Waals surface area (Å²) in [7, 11) is 4.07. The van der Waals surface area contributed by atoms with Gasteiger partial charge >= 0.3 is 0 Å². The van der Waals surface area contributed by atoms with Crippen LogP contribution < -0.4 is 9.64 Å². The van der Waals surface area contributed by atoms with Crippen LogP contribution in [0.1, 0.15) is 17.5 Å². The zero-order valence-electron chi connectivity index (χ0n) is 17.3. The lowest BCUT2D eigenvalue weighted by Gasteiger charge is -2.21. The van der Waals surface area contributed by atoms with Crippen molar-refractivity contribution >= 4 is 45.0 Å². The standard InChI is InChI=1S/C22H27N3O2S.ClH/c1-16-13-17(2)21-19(14-16)28-22(23-21)25(12-8-11-24(3)4)20(26)15-27-18-9-6-5-7-10-18;/h5-7,9-10,13-14H,8,11-12,15H2,1-4H3;1H. The lowest BCUT2D eigenvalue weighted by molar-refractivity contribution is -0.120. The number of amides is 1. The summed E-state index contributed by atoms with van der Waals surface area (Å²) in [5, 5.41) is 0.740. The highest BCUT2D eigenvalue weighted by Crippen LogP contribution is 2.32. The highest BCUT2D eigenvalue weighted by Gasteiger charge is 2.21. The first-order valence-corrected chi connectivity index (χ1v) is 10.3. The number of nitrogens with zero attached hydrogens (tertiary/aromatic N) is 3. The molecule has 3 aromatic rings. The normalized spacial score (nSPS) is 10.8. The van der Waals surface area contributed by atoms with Crippen molar-refractivity contribution < 1.29 is 9.53 Å². The minimum Gasteiger partial charge on any atom is -0.484 e. The average Bonchev–Trinajstić information content (AvgIpc) is 3.08. The van der Waals surface area contributed by atoms with Gasteiger partial charge in [-0.1, -0.05) is 35.6 Å². The van der Waals surface area contributed by atoms with Gasteiger partial charge in [0.05, 0.1) is 10.2 Å². The van der Waals surface area contributed by atoms with E-state index in [1.165, 1.54) is 5.56 Å². The molecule has 1 heterocycles. The van der Waals surface area contributed by atoms with E-state index >= 15 is 0 Å². The van der Waals surface area contributed by atoms with Crippen molar-refractivity contribution in [2.75, 3.05) is 38.7 Å². The molecule has 0 fully saturated rings. The van der Waals surface area contributed by atoms with Gasteiger partial charge in [-0.05, 0) is 70.2 Å². The molecule has 2 aromatic carbocycles. The van der Waals surface area contributed by atoms with Crippen LogP contribution in [0.15, 0.2) is 42.5 Å². The van der Waals surface area contributed by atoms with E-state index in [0.717, 1.165) is 33.9 Å². The van der Waals surface area contributed by atoms with Crippen molar-refractivity contribution in [1.29, 1.82) is 0 Å². The number of fused-ring (bicyclic) bond motifs is 1. The van der Waals surface area contributed by atoms with Crippen LogP contribution in [0.3, 0.4) is 0 Å². The van der Waals surface area contributed by atoms with E-state index in [9.17, 15) is 4.79 Å². The Labute approximate surface area is 182 Å². The summed E-state index contributed by atoms with van der Waals surface area (Å²) in [4.78, 5) is 21.6. The van der Waals surface area contributed by atoms with Gasteiger partial charge in [0, 0.05) is 6.54 Å². The lowest BCUT2D eigenvalue weighted by Crippen LogP contribution is -2.36. The maximum absolute atomic E-state index is 13.0. The van der Waals surface area contributed by atoms with Gasteiger partial charge < -0.3 is 9.64 Å². The van der Waals surface area contributed by atoms with Crippen molar-refractivity contribution in [3.63, 3.8) is 0 Å². The number of aromatic nitrogens is 1. The number of hydrogen-bond donors (Lipinski definition) is 0. The molecule has 3 rings (SSSR count). The van der Waals surface area contributed by atoms with Crippen LogP contribution >= 0.6 is 23.7 Å². The molecule has 29 heavy (non-hydrogen) atoms. The molecule has 156 valence electrons. The van der Waals surface area contributed by atoms with Crippen molar-refractivity contribution in [2.45, 2.75) is 20.3 Å². The Morgan fingerprint density at radius 2 is 1.83 bits per heavy atom. The number of thiazole rings is 1. The van der Waals surface area contributed by atoms with Crippen LogP contribution in [0, 0.1) is 13.8 Å². The number of carbonyl (C=O) groups excluding carboxylic acids is 1. The number of aryl methyl sites for hydroxylation is 2. The van der Waals surface area contributed by atoms with E-state index in [1.54, 1.807) is 16.2 Å². The summed E-state index contributed by atoms with van der Waals surface area (Å²) < 4.78 is 6.80. The Morgan fingerprint density at radius 1 is 1.10 bits per heavy atom. The molecule has 7 heteroatoms. The second kappa shape index (κ2) is 10.6. The second-order valence-electron chi connectivity index (χ2n) is 7.23. The smallest absolute Gasteiger partial charge is 0.266 e. The van der Waals surface area contributed by atoms with Gasteiger partial charge in [0.15, 0.2) is 11.7 Å². The van der Waals surface area contributed by atoms with Crippen LogP contribution in [-0.2, 0) is 4.79 Å². The van der Waals surface area contributed by atoms with E-state index in [2.05, 4.69) is 30.9 Å². The average molecular weight is 434 g/mol. The van der Waals surface area contributed by atoms with Crippen molar-refractivity contribution in [3.05, 3.63) is 53.6 Å². The van der Waals surface area contributed by atoms with E-state index in [0.29, 0.717) is 12.3 Å². The van der Waals surface area contributed by atoms with Crippen molar-refractivity contribution in [3.8, 4) is 5.75 Å². The maximum Gasteiger partial charge on any atom is 0.266 e. The van der Waals surface area contributed by atoms with Crippen molar-refractivity contribution in [2.24, 2.45) is 0 Å². The number of para-hydroxylation sites is 1. The Morgan fingerprint density at radius 3 is 2.52 bits per heavy atom. The minimum absolute atomic E-state index is 0. The molecular weight excluding hydrogens is 406 g/mol. The summed E-state index contributed by atoms with van der Waals surface area (Å²) in [5.41, 5.74) is 3.32. The third kappa shape index (κ3) is 6.16. The zero-order valence-corrected chi connectivity index (χ0v) is 19.0. The Kier molecular flexibility index (Phi) is 8.44. The predicted octanol–water partition coefficient (Wildman–Crippen LogP) is 4.70. The van der Waals surface area contributed by atoms with Gasteiger partial charge in [-0.25, -0.2) is 4.98 Å². The van der Waals surface area contributed by atoms with Gasteiger partial charge in [0.2, 0.25) is 0 Å². The van der Waals surface area contributed by atoms with Gasteiger partial charge in [-0.2, -0.15) is 0 Å². The van der Waals surface area contributed by atoms with Crippen LogP contribution in [0.5, 0.6) is 5.75 Å². The number of ether oxygens (including phenoxy) is 1. The third-order valence-electron chi connectivity index (χ3n) is 4.44. The lowest BCUT2D eigenvalue weighted by atomic mass is 10.1. The molecule has 0 aliphatic carbocycles. The summed E-state index contributed by atoms with van der Waals surface area (Å²) >= 11 is 1.57. The van der Waals surface area contributed by atoms with Crippen LogP contribution in [0.25, 0.3) is 10.2 Å². The number of halogens is 1. The molecule has 0 atom stereocenters. The van der Waals surface area contributed by atoms with Crippen LogP contribution in [-0.4, -0.2) is 49.6 Å². The van der Waals surface area contributed by atoms with Gasteiger partial charge in [0.25, 0.3) is 5.91 Å². The molecule has 0 aliphatic heterocycles. The molecule has 1 amide bonds. The number of carbonyl (C=O) groups is 1. The summed E-state index contributed by atoms with van der Waals surface area (Å²) in [6.07, 6.45) is 0.873. The topological polar surface area (TPSA) is 45.7 Å². The largest absolute Gasteiger partial charge is 0.484 e. The quantitative estimate of drug-likeness (QED) is 0.516. The highest BCUT2D eigenvalue weighted by molar-refractivity contribution is 7.22. The monoisotopic (exact) mass is 433 g/mol. The number of rotatable bonds is 8. The SMILES string of the molecule is Cc1cc(C)c2nc(N(CCCN(C)C)C(=O)COc3ccccc3)sc2c1.Cl. The Hall–Kier alpha value is -2.15. The molecule has 0 saturated heterocycles. The molecule has 0 bridgehead atoms. The fraction of sp³-hybridized carbons (Fsp3) is 0.364. The Bertz CT molecular complexity index is 944. The molecule has 5 nitrogen and oxygen atoms in total. The van der Waals surface area contributed by atoms with Crippen LogP contribution in [0.2, 0.25) is 0 Å². The van der Waals surface area contributed by atoms with Crippen molar-refractivity contribution in [1.82, 2.24) is 9.88 Å². The third-order valence-corrected chi connectivity index (χ3v) is 5.47. The molecule has 0 N–H and O–H groups in total. The molecule has 0 radical (unpaired) electrons. The van der Waals surface area contributed by atoms with E-state index in [4.69, 9.17) is 9.72 Å². The van der Waals surface area contributed by atoms with Gasteiger partial charge in [-0.3, -0.25) is 9.69 Å². The maximum atomic E-state index is 13.0. The first kappa shape index (κ1) is 23.1. The molecule has 0 spiro atoms. The molecule has 0 saturated carbocycles. The predicted molar refractivity (Wildman–Crippen MR) is 124 cm³/mol. The number of anilines is 1. The minimum atomic E-state index is -0.0731. The summed E-state index contributed by atoms with van der Waals surface area (Å²) in [6.45, 7) is 5.67. The molecule has 1 aromatic heterocycles. The zero-order chi connectivity index (χ0) is 20.1. The number of hydrogen-bond acceptors (Lipinski definition) is 5. The van der Waals surface area contributed by atoms with Gasteiger partial charge in [0.1, 0.15) is 5.75 Å². The molecule has 0 aliphatic rings. The van der Waals surface area contributed by atoms with Gasteiger partial charge in [-0.15, -0.1) is 12.4 Å². The fourth-order valence-electron chi connectivity index (χ4n) is 3.09. The second-order valence-corrected chi connectivity index (χ2v) is 8.24. The highest BCUT2D eigenvalue weighted by atomic mass is 35.5. The summed E-state index contributed by atoms with van der Waals surface area (Å²) in [5.74, 6) is 0.621. The first-order chi connectivity index (χ1) is 13.4. The van der Waals surface area contributed by atoms with E-state index in [-0.39, 0.29) is 24.9 Å². The van der Waals surface area contributed by atoms with Crippen LogP contribution in [0.4, 0.5) is 5.13 Å². The molecular formula is C22H28ClN3O2S. The van der Waals surface area contributed by atoms with E-state index < -0.39 is 0 Å². The molecule has 0 unspecified atom stereocenters. The first-order valence-electron chi connectivity index (χ1n) is 9.45. The Balaban J connectivity index is 0.00000300. The fourth-order valence-corrected chi connectivity index (χ4v) is 4.27. The number of benzene rings is 2. The summed E-state index contributed by atoms with van der Waals surface area (Å²) in [6, 6.07) is 13.7. The van der Waals surface area contributed by atoms with E-state index in [1.807, 2.05) is 44.4 Å².